The largest absolute Gasteiger partial charge is 0.326 e. The van der Waals surface area contributed by atoms with Crippen LogP contribution in [0.25, 0.3) is 0 Å². The van der Waals surface area contributed by atoms with E-state index in [9.17, 15) is 9.59 Å². The molecule has 1 aliphatic heterocycles. The van der Waals surface area contributed by atoms with Gasteiger partial charge in [-0.15, -0.1) is 0 Å². The lowest BCUT2D eigenvalue weighted by atomic mass is 9.90. The molecule has 0 bridgehead atoms. The Hall–Kier alpha value is -1.16. The van der Waals surface area contributed by atoms with E-state index in [-0.39, 0.29) is 23.9 Å². The summed E-state index contributed by atoms with van der Waals surface area (Å²) in [4.78, 5) is 25.3. The average Bonchev–Trinajstić information content (AvgIpc) is 2.45. The van der Waals surface area contributed by atoms with E-state index in [0.717, 1.165) is 25.7 Å². The number of nitrogens with zero attached hydrogens (tertiary/aromatic N) is 1. The van der Waals surface area contributed by atoms with Gasteiger partial charge < -0.3 is 5.73 Å². The molecule has 1 aliphatic carbocycles. The molecule has 2 atom stereocenters. The van der Waals surface area contributed by atoms with Crippen molar-refractivity contribution < 1.29 is 9.59 Å². The topological polar surface area (TPSA) is 63.4 Å². The van der Waals surface area contributed by atoms with Crippen molar-refractivity contribution in [2.24, 2.45) is 5.73 Å². The Kier molecular flexibility index (Phi) is 2.84. The van der Waals surface area contributed by atoms with Gasteiger partial charge in [-0.2, -0.15) is 0 Å². The number of rotatable bonds is 1. The fourth-order valence-electron chi connectivity index (χ4n) is 2.54. The van der Waals surface area contributed by atoms with Crippen LogP contribution < -0.4 is 5.73 Å². The Morgan fingerprint density at radius 2 is 1.56 bits per heavy atom. The van der Waals surface area contributed by atoms with Crippen molar-refractivity contribution in [3.05, 3.63) is 11.1 Å². The standard InChI is InChI=1S/C12H18N2O2/c1-7-8(2)12(16)14(11(7)15)10-6-4-3-5-9(10)13/h9-10H,3-6,13H2,1-2H3/t9-,10-/m1/s1. The van der Waals surface area contributed by atoms with E-state index in [1.54, 1.807) is 13.8 Å². The predicted molar refractivity (Wildman–Crippen MR) is 60.5 cm³/mol. The molecule has 0 spiro atoms. The van der Waals surface area contributed by atoms with Crippen molar-refractivity contribution in [1.29, 1.82) is 0 Å². The van der Waals surface area contributed by atoms with Gasteiger partial charge in [0.15, 0.2) is 0 Å². The van der Waals surface area contributed by atoms with Crippen molar-refractivity contribution in [3.63, 3.8) is 0 Å². The zero-order valence-corrected chi connectivity index (χ0v) is 9.82. The van der Waals surface area contributed by atoms with Crippen LogP contribution in [0.5, 0.6) is 0 Å². The maximum Gasteiger partial charge on any atom is 0.257 e. The molecule has 0 radical (unpaired) electrons. The van der Waals surface area contributed by atoms with Crippen LogP contribution in [0.4, 0.5) is 0 Å². The predicted octanol–water partition coefficient (Wildman–Crippen LogP) is 0.962. The van der Waals surface area contributed by atoms with Gasteiger partial charge in [-0.25, -0.2) is 0 Å². The molecule has 0 aromatic rings. The minimum atomic E-state index is -0.148. The van der Waals surface area contributed by atoms with E-state index >= 15 is 0 Å². The summed E-state index contributed by atoms with van der Waals surface area (Å²) in [7, 11) is 0. The highest BCUT2D eigenvalue weighted by atomic mass is 16.2. The third kappa shape index (κ3) is 1.57. The summed E-state index contributed by atoms with van der Waals surface area (Å²) in [6.07, 6.45) is 3.89. The van der Waals surface area contributed by atoms with Crippen LogP contribution in [0, 0.1) is 0 Å². The molecule has 0 saturated heterocycles. The summed E-state index contributed by atoms with van der Waals surface area (Å²) in [5, 5.41) is 0. The molecule has 4 nitrogen and oxygen atoms in total. The molecule has 0 aromatic carbocycles. The van der Waals surface area contributed by atoms with Gasteiger partial charge in [0.2, 0.25) is 0 Å². The Morgan fingerprint density at radius 3 is 2.06 bits per heavy atom. The lowest BCUT2D eigenvalue weighted by Gasteiger charge is -2.34. The molecule has 1 heterocycles. The molecule has 2 aliphatic rings. The molecule has 4 heteroatoms. The summed E-state index contributed by atoms with van der Waals surface area (Å²) in [5.41, 5.74) is 7.15. The van der Waals surface area contributed by atoms with E-state index in [1.807, 2.05) is 0 Å². The van der Waals surface area contributed by atoms with Gasteiger partial charge >= 0.3 is 0 Å². The lowest BCUT2D eigenvalue weighted by molar-refractivity contribution is -0.141. The van der Waals surface area contributed by atoms with Gasteiger partial charge in [0, 0.05) is 17.2 Å². The molecule has 0 aromatic heterocycles. The number of amides is 2. The number of imide groups is 1. The van der Waals surface area contributed by atoms with Gasteiger partial charge in [-0.1, -0.05) is 12.8 Å². The van der Waals surface area contributed by atoms with E-state index in [1.165, 1.54) is 4.90 Å². The van der Waals surface area contributed by atoms with Crippen molar-refractivity contribution in [2.45, 2.75) is 51.6 Å². The molecular formula is C12H18N2O2. The van der Waals surface area contributed by atoms with Gasteiger partial charge in [-0.3, -0.25) is 14.5 Å². The van der Waals surface area contributed by atoms with Crippen molar-refractivity contribution in [2.75, 3.05) is 0 Å². The number of hydrogen-bond donors (Lipinski definition) is 1. The normalized spacial score (nSPS) is 31.6. The third-order valence-corrected chi connectivity index (χ3v) is 3.75. The quantitative estimate of drug-likeness (QED) is 0.672. The first-order valence-electron chi connectivity index (χ1n) is 5.85. The van der Waals surface area contributed by atoms with Crippen LogP contribution in [0.3, 0.4) is 0 Å². The fourth-order valence-corrected chi connectivity index (χ4v) is 2.54. The highest BCUT2D eigenvalue weighted by molar-refractivity contribution is 6.19. The zero-order valence-electron chi connectivity index (χ0n) is 9.82. The van der Waals surface area contributed by atoms with E-state index < -0.39 is 0 Å². The number of carbonyl (C=O) groups is 2. The molecule has 2 N–H and O–H groups in total. The zero-order chi connectivity index (χ0) is 11.9. The van der Waals surface area contributed by atoms with Gasteiger partial charge in [0.25, 0.3) is 11.8 Å². The molecule has 1 saturated carbocycles. The number of nitrogens with two attached hydrogens (primary N) is 1. The Labute approximate surface area is 95.5 Å². The summed E-state index contributed by atoms with van der Waals surface area (Å²) in [5.74, 6) is -0.297. The molecule has 88 valence electrons. The van der Waals surface area contributed by atoms with E-state index in [4.69, 9.17) is 5.73 Å². The smallest absolute Gasteiger partial charge is 0.257 e. The molecule has 0 unspecified atom stereocenters. The van der Waals surface area contributed by atoms with Crippen LogP contribution >= 0.6 is 0 Å². The summed E-state index contributed by atoms with van der Waals surface area (Å²) < 4.78 is 0. The Bertz CT molecular complexity index is 349. The van der Waals surface area contributed by atoms with Crippen molar-refractivity contribution >= 4 is 11.8 Å². The van der Waals surface area contributed by atoms with Crippen LogP contribution in [0.2, 0.25) is 0 Å². The van der Waals surface area contributed by atoms with Crippen LogP contribution in [0.1, 0.15) is 39.5 Å². The van der Waals surface area contributed by atoms with Crippen molar-refractivity contribution in [3.8, 4) is 0 Å². The number of carbonyl (C=O) groups excluding carboxylic acids is 2. The van der Waals surface area contributed by atoms with Crippen LogP contribution in [-0.2, 0) is 9.59 Å². The van der Waals surface area contributed by atoms with Crippen LogP contribution in [-0.4, -0.2) is 28.8 Å². The Morgan fingerprint density at radius 1 is 1.06 bits per heavy atom. The molecule has 1 fully saturated rings. The van der Waals surface area contributed by atoms with E-state index in [0.29, 0.717) is 11.1 Å². The first-order valence-corrected chi connectivity index (χ1v) is 5.85. The monoisotopic (exact) mass is 222 g/mol. The van der Waals surface area contributed by atoms with E-state index in [2.05, 4.69) is 0 Å². The second kappa shape index (κ2) is 4.01. The van der Waals surface area contributed by atoms with Gasteiger partial charge in [-0.05, 0) is 26.7 Å². The summed E-state index contributed by atoms with van der Waals surface area (Å²) in [6.45, 7) is 3.42. The lowest BCUT2D eigenvalue weighted by Crippen LogP contribution is -2.52. The maximum atomic E-state index is 12.0. The first kappa shape index (κ1) is 11.3. The van der Waals surface area contributed by atoms with Crippen LogP contribution in [0.15, 0.2) is 11.1 Å². The average molecular weight is 222 g/mol. The maximum absolute atomic E-state index is 12.0. The van der Waals surface area contributed by atoms with Gasteiger partial charge in [0.05, 0.1) is 6.04 Å². The molecular weight excluding hydrogens is 204 g/mol. The highest BCUT2D eigenvalue weighted by Crippen LogP contribution is 2.29. The highest BCUT2D eigenvalue weighted by Gasteiger charge is 2.41. The minimum absolute atomic E-state index is 0.0552. The third-order valence-electron chi connectivity index (χ3n) is 3.75. The molecule has 2 rings (SSSR count). The minimum Gasteiger partial charge on any atom is -0.326 e. The summed E-state index contributed by atoms with van der Waals surface area (Å²) >= 11 is 0. The number of hydrogen-bond acceptors (Lipinski definition) is 3. The SMILES string of the molecule is CC1=C(C)C(=O)N([C@@H]2CCCC[C@H]2N)C1=O. The first-order chi connectivity index (χ1) is 7.54. The van der Waals surface area contributed by atoms with Gasteiger partial charge in [0.1, 0.15) is 0 Å². The Balaban J connectivity index is 2.23. The second-order valence-electron chi connectivity index (χ2n) is 4.75. The summed E-state index contributed by atoms with van der Waals surface area (Å²) in [6, 6.07) is -0.151. The fraction of sp³-hybridized carbons (Fsp3) is 0.667. The molecule has 16 heavy (non-hydrogen) atoms. The van der Waals surface area contributed by atoms with Crippen molar-refractivity contribution in [1.82, 2.24) is 4.90 Å². The second-order valence-corrected chi connectivity index (χ2v) is 4.75. The molecule has 2 amide bonds.